The standard InChI is InChI=1S/C31H37Cl2N3O5S/c1-5-29(31(38)34-18-22(2)3)35(19-24-11-16-27(32)28(33)17-24)30(37)20-36(42(4,39)40)25-12-14-26(15-13-25)41-21-23-9-7-6-8-10-23/h6-17,22,29H,5,18-21H2,1-4H3,(H,34,38)/t29-/m0/s1. The summed E-state index contributed by atoms with van der Waals surface area (Å²) in [7, 11) is -3.87. The molecule has 8 nitrogen and oxygen atoms in total. The van der Waals surface area contributed by atoms with E-state index in [0.29, 0.717) is 46.6 Å². The van der Waals surface area contributed by atoms with Gasteiger partial charge in [0.25, 0.3) is 0 Å². The van der Waals surface area contributed by atoms with Crippen LogP contribution < -0.4 is 14.4 Å². The molecule has 0 aliphatic rings. The first-order valence-electron chi connectivity index (χ1n) is 13.6. The van der Waals surface area contributed by atoms with E-state index in [2.05, 4.69) is 5.32 Å². The molecular weight excluding hydrogens is 597 g/mol. The molecule has 3 rings (SSSR count). The number of amides is 2. The summed E-state index contributed by atoms with van der Waals surface area (Å²) in [5.74, 6) is -0.0876. The minimum Gasteiger partial charge on any atom is -0.489 e. The summed E-state index contributed by atoms with van der Waals surface area (Å²) >= 11 is 12.3. The number of benzene rings is 3. The van der Waals surface area contributed by atoms with Gasteiger partial charge in [-0.05, 0) is 59.9 Å². The minimum atomic E-state index is -3.87. The molecule has 0 saturated heterocycles. The Morgan fingerprint density at radius 1 is 0.929 bits per heavy atom. The number of halogens is 2. The molecule has 1 atom stereocenters. The lowest BCUT2D eigenvalue weighted by molar-refractivity contribution is -0.140. The van der Waals surface area contributed by atoms with Gasteiger partial charge in [-0.15, -0.1) is 0 Å². The zero-order chi connectivity index (χ0) is 30.9. The van der Waals surface area contributed by atoms with Crippen molar-refractivity contribution in [2.75, 3.05) is 23.7 Å². The van der Waals surface area contributed by atoms with Crippen molar-refractivity contribution < 1.29 is 22.7 Å². The van der Waals surface area contributed by atoms with Gasteiger partial charge in [-0.2, -0.15) is 0 Å². The number of ether oxygens (including phenoxy) is 1. The average Bonchev–Trinajstić information content (AvgIpc) is 2.95. The Hall–Kier alpha value is -3.27. The van der Waals surface area contributed by atoms with Crippen LogP contribution in [0.25, 0.3) is 0 Å². The molecule has 3 aromatic rings. The van der Waals surface area contributed by atoms with Gasteiger partial charge < -0.3 is 15.0 Å². The first-order chi connectivity index (χ1) is 19.9. The topological polar surface area (TPSA) is 96.0 Å². The van der Waals surface area contributed by atoms with Crippen molar-refractivity contribution in [3.05, 3.63) is 94.0 Å². The molecule has 2 amide bonds. The number of rotatable bonds is 14. The highest BCUT2D eigenvalue weighted by Gasteiger charge is 2.32. The van der Waals surface area contributed by atoms with E-state index in [4.69, 9.17) is 27.9 Å². The minimum absolute atomic E-state index is 0.0349. The number of sulfonamides is 1. The average molecular weight is 635 g/mol. The molecule has 0 aromatic heterocycles. The van der Waals surface area contributed by atoms with Crippen LogP contribution >= 0.6 is 23.2 Å². The molecule has 11 heteroatoms. The van der Waals surface area contributed by atoms with Gasteiger partial charge in [0.1, 0.15) is 24.9 Å². The zero-order valence-electron chi connectivity index (χ0n) is 24.2. The Labute approximate surface area is 258 Å². The number of nitrogens with one attached hydrogen (secondary N) is 1. The summed E-state index contributed by atoms with van der Waals surface area (Å²) < 4.78 is 32.6. The van der Waals surface area contributed by atoms with Crippen molar-refractivity contribution in [3.8, 4) is 5.75 Å². The molecule has 0 spiro atoms. The van der Waals surface area contributed by atoms with Gasteiger partial charge in [-0.1, -0.05) is 80.4 Å². The van der Waals surface area contributed by atoms with Crippen LogP contribution in [-0.4, -0.2) is 50.5 Å². The van der Waals surface area contributed by atoms with E-state index in [9.17, 15) is 18.0 Å². The highest BCUT2D eigenvalue weighted by atomic mass is 35.5. The maximum Gasteiger partial charge on any atom is 0.244 e. The van der Waals surface area contributed by atoms with Crippen LogP contribution in [0.2, 0.25) is 10.0 Å². The van der Waals surface area contributed by atoms with Crippen molar-refractivity contribution in [1.29, 1.82) is 0 Å². The molecule has 0 bridgehead atoms. The van der Waals surface area contributed by atoms with Crippen LogP contribution in [0.5, 0.6) is 5.75 Å². The zero-order valence-corrected chi connectivity index (χ0v) is 26.5. The molecule has 3 aromatic carbocycles. The van der Waals surface area contributed by atoms with Crippen LogP contribution in [-0.2, 0) is 32.8 Å². The Balaban J connectivity index is 1.86. The third-order valence-corrected chi connectivity index (χ3v) is 8.34. The summed E-state index contributed by atoms with van der Waals surface area (Å²) in [6.45, 7) is 6.08. The maximum atomic E-state index is 13.9. The molecule has 0 aliphatic carbocycles. The first kappa shape index (κ1) is 33.2. The summed E-state index contributed by atoms with van der Waals surface area (Å²) in [5.41, 5.74) is 1.94. The van der Waals surface area contributed by atoms with Gasteiger partial charge in [0, 0.05) is 13.1 Å². The Kier molecular flexibility index (Phi) is 12.1. The molecule has 0 fully saturated rings. The van der Waals surface area contributed by atoms with E-state index >= 15 is 0 Å². The Morgan fingerprint density at radius 3 is 2.17 bits per heavy atom. The van der Waals surface area contributed by atoms with Crippen LogP contribution in [0, 0.1) is 5.92 Å². The lowest BCUT2D eigenvalue weighted by Gasteiger charge is -2.33. The molecular formula is C31H37Cl2N3O5S. The lowest BCUT2D eigenvalue weighted by atomic mass is 10.1. The molecule has 42 heavy (non-hydrogen) atoms. The summed E-state index contributed by atoms with van der Waals surface area (Å²) in [6.07, 6.45) is 1.36. The predicted molar refractivity (Wildman–Crippen MR) is 168 cm³/mol. The van der Waals surface area contributed by atoms with Crippen molar-refractivity contribution in [3.63, 3.8) is 0 Å². The third kappa shape index (κ3) is 9.64. The summed E-state index contributed by atoms with van der Waals surface area (Å²) in [5, 5.41) is 3.57. The van der Waals surface area contributed by atoms with E-state index in [1.54, 1.807) is 49.4 Å². The van der Waals surface area contributed by atoms with E-state index < -0.39 is 28.5 Å². The second-order valence-electron chi connectivity index (χ2n) is 10.4. The third-order valence-electron chi connectivity index (χ3n) is 6.46. The fourth-order valence-electron chi connectivity index (χ4n) is 4.24. The second kappa shape index (κ2) is 15.3. The molecule has 0 heterocycles. The molecule has 0 radical (unpaired) electrons. The molecule has 0 unspecified atom stereocenters. The smallest absolute Gasteiger partial charge is 0.244 e. The molecule has 0 saturated carbocycles. The van der Waals surface area contributed by atoms with Gasteiger partial charge in [0.15, 0.2) is 0 Å². The van der Waals surface area contributed by atoms with Gasteiger partial charge in [0.05, 0.1) is 22.0 Å². The van der Waals surface area contributed by atoms with Crippen LogP contribution in [0.1, 0.15) is 38.3 Å². The normalized spacial score (nSPS) is 12.1. The highest BCUT2D eigenvalue weighted by molar-refractivity contribution is 7.92. The lowest BCUT2D eigenvalue weighted by Crippen LogP contribution is -2.52. The number of hydrogen-bond donors (Lipinski definition) is 1. The fourth-order valence-corrected chi connectivity index (χ4v) is 5.41. The SMILES string of the molecule is CC[C@@H](C(=O)NCC(C)C)N(Cc1ccc(Cl)c(Cl)c1)C(=O)CN(c1ccc(OCc2ccccc2)cc1)S(C)(=O)=O. The van der Waals surface area contributed by atoms with Crippen LogP contribution in [0.3, 0.4) is 0 Å². The molecule has 0 aliphatic heterocycles. The number of nitrogens with zero attached hydrogens (tertiary/aromatic N) is 2. The Bertz CT molecular complexity index is 1450. The van der Waals surface area contributed by atoms with E-state index in [0.717, 1.165) is 16.1 Å². The number of carbonyl (C=O) groups is 2. The molecule has 226 valence electrons. The van der Waals surface area contributed by atoms with Crippen molar-refractivity contribution >= 4 is 50.7 Å². The van der Waals surface area contributed by atoms with Gasteiger partial charge >= 0.3 is 0 Å². The fraction of sp³-hybridized carbons (Fsp3) is 0.355. The van der Waals surface area contributed by atoms with E-state index in [-0.39, 0.29) is 18.4 Å². The van der Waals surface area contributed by atoms with Crippen molar-refractivity contribution in [1.82, 2.24) is 10.2 Å². The largest absolute Gasteiger partial charge is 0.489 e. The van der Waals surface area contributed by atoms with Crippen LogP contribution in [0.4, 0.5) is 5.69 Å². The Morgan fingerprint density at radius 2 is 1.60 bits per heavy atom. The predicted octanol–water partition coefficient (Wildman–Crippen LogP) is 5.92. The second-order valence-corrected chi connectivity index (χ2v) is 13.1. The first-order valence-corrected chi connectivity index (χ1v) is 16.2. The monoisotopic (exact) mass is 633 g/mol. The number of hydrogen-bond acceptors (Lipinski definition) is 5. The summed E-state index contributed by atoms with van der Waals surface area (Å²) in [4.78, 5) is 28.4. The van der Waals surface area contributed by atoms with Crippen molar-refractivity contribution in [2.45, 2.75) is 46.4 Å². The van der Waals surface area contributed by atoms with Gasteiger partial charge in [0.2, 0.25) is 21.8 Å². The van der Waals surface area contributed by atoms with Crippen LogP contribution in [0.15, 0.2) is 72.8 Å². The maximum absolute atomic E-state index is 13.9. The number of anilines is 1. The number of carbonyl (C=O) groups excluding carboxylic acids is 2. The summed E-state index contributed by atoms with van der Waals surface area (Å²) in [6, 6.07) is 20.3. The van der Waals surface area contributed by atoms with E-state index in [1.165, 1.54) is 4.90 Å². The van der Waals surface area contributed by atoms with Gasteiger partial charge in [-0.25, -0.2) is 8.42 Å². The quantitative estimate of drug-likeness (QED) is 0.238. The molecule has 1 N–H and O–H groups in total. The van der Waals surface area contributed by atoms with E-state index in [1.807, 2.05) is 44.2 Å². The van der Waals surface area contributed by atoms with Crippen molar-refractivity contribution in [2.24, 2.45) is 5.92 Å². The highest BCUT2D eigenvalue weighted by Crippen LogP contribution is 2.26. The van der Waals surface area contributed by atoms with Gasteiger partial charge in [-0.3, -0.25) is 13.9 Å².